The third kappa shape index (κ3) is 17.5. The maximum Gasteiger partial charge on any atom is 0.342 e. The van der Waals surface area contributed by atoms with Gasteiger partial charge in [0, 0.05) is 41.5 Å². The summed E-state index contributed by atoms with van der Waals surface area (Å²) in [4.78, 5) is 162. The van der Waals surface area contributed by atoms with Crippen LogP contribution in [0.3, 0.4) is 0 Å². The molecule has 6 aromatic rings. The van der Waals surface area contributed by atoms with Gasteiger partial charge in [0.15, 0.2) is 24.4 Å². The first-order valence-electron chi connectivity index (χ1n) is 24.9. The van der Waals surface area contributed by atoms with E-state index < -0.39 is 166 Å². The molecule has 434 valence electrons. The molecular formula is C60H50O24. The van der Waals surface area contributed by atoms with Gasteiger partial charge in [0.1, 0.15) is 81.1 Å². The van der Waals surface area contributed by atoms with E-state index in [-0.39, 0.29) is 11.5 Å². The van der Waals surface area contributed by atoms with Gasteiger partial charge in [-0.05, 0) is 72.8 Å². The Balaban J connectivity index is 1.66. The summed E-state index contributed by atoms with van der Waals surface area (Å²) in [5.41, 5.74) is -2.87. The van der Waals surface area contributed by atoms with E-state index in [1.165, 1.54) is 121 Å². The van der Waals surface area contributed by atoms with Gasteiger partial charge in [0.05, 0.1) is 0 Å². The lowest BCUT2D eigenvalue weighted by Gasteiger charge is -2.36. The van der Waals surface area contributed by atoms with E-state index in [4.69, 9.17) is 56.8 Å². The Bertz CT molecular complexity index is 3280. The number of carbonyl (C=O) groups excluding carboxylic acids is 12. The lowest BCUT2D eigenvalue weighted by molar-refractivity contribution is -0.139. The maximum atomic E-state index is 15.0. The van der Waals surface area contributed by atoms with Crippen molar-refractivity contribution in [2.75, 3.05) is 13.2 Å². The fourth-order valence-corrected chi connectivity index (χ4v) is 7.62. The number of hydrogen-bond acceptors (Lipinski definition) is 24. The van der Waals surface area contributed by atoms with Crippen molar-refractivity contribution < 1.29 is 114 Å². The molecule has 24 heteroatoms. The Labute approximate surface area is 477 Å². The average molecular weight is 1160 g/mol. The second kappa shape index (κ2) is 29.4. The topological polar surface area (TPSA) is 316 Å². The van der Waals surface area contributed by atoms with E-state index in [2.05, 4.69) is 0 Å². The minimum atomic E-state index is -2.57. The van der Waals surface area contributed by atoms with Crippen molar-refractivity contribution in [2.24, 2.45) is 0 Å². The van der Waals surface area contributed by atoms with Gasteiger partial charge < -0.3 is 56.8 Å². The quantitative estimate of drug-likeness (QED) is 0.0349. The molecule has 0 aliphatic carbocycles. The van der Waals surface area contributed by atoms with Gasteiger partial charge in [-0.15, -0.1) is 0 Å². The van der Waals surface area contributed by atoms with Gasteiger partial charge >= 0.3 is 71.6 Å². The molecule has 0 saturated heterocycles. The molecule has 0 aliphatic heterocycles. The summed E-state index contributed by atoms with van der Waals surface area (Å²) in [5, 5.41) is 0. The standard InChI is InChI=1S/C60H50O24/c1-33(61)75-45-25-13-7-19-39(45)55(67)73-31-51(81-57(69)41-21-9-15-27-47(41)77-35(3)63)53(83-59(71)43-23-11-17-29-49(43)79-37(5)65)54(84-60(72)44-24-12-18-30-50(44)80-38(6)66)52(82-58(70)42-22-10-16-28-48(42)78-36(4)64)32-74-56(68)40-20-8-14-26-46(40)76-34(2)62/h7-30,51-54H,31-32H2,1-6H3. The Morgan fingerprint density at radius 1 is 0.262 bits per heavy atom. The van der Waals surface area contributed by atoms with Gasteiger partial charge in [-0.25, -0.2) is 28.8 Å². The smallest absolute Gasteiger partial charge is 0.342 e. The molecule has 0 bridgehead atoms. The summed E-state index contributed by atoms with van der Waals surface area (Å²) in [6.07, 6.45) is -9.90. The summed E-state index contributed by atoms with van der Waals surface area (Å²) in [5.74, 6) is -16.1. The number of hydrogen-bond donors (Lipinski definition) is 0. The molecule has 0 fully saturated rings. The van der Waals surface area contributed by atoms with Crippen LogP contribution in [0.5, 0.6) is 34.5 Å². The van der Waals surface area contributed by atoms with Gasteiger partial charge in [-0.1, -0.05) is 72.8 Å². The molecule has 0 saturated carbocycles. The van der Waals surface area contributed by atoms with Crippen LogP contribution >= 0.6 is 0 Å². The minimum Gasteiger partial charge on any atom is -0.458 e. The van der Waals surface area contributed by atoms with E-state index in [1.54, 1.807) is 0 Å². The third-order valence-electron chi connectivity index (χ3n) is 11.0. The average Bonchev–Trinajstić information content (AvgIpc) is 3.00. The zero-order valence-corrected chi connectivity index (χ0v) is 45.4. The Kier molecular flexibility index (Phi) is 21.8. The molecule has 6 rings (SSSR count). The van der Waals surface area contributed by atoms with Gasteiger partial charge in [0.25, 0.3) is 0 Å². The summed E-state index contributed by atoms with van der Waals surface area (Å²) in [6.45, 7) is 3.60. The normalized spacial score (nSPS) is 11.9. The first-order valence-corrected chi connectivity index (χ1v) is 24.9. The summed E-state index contributed by atoms with van der Waals surface area (Å²) in [6, 6.07) is 30.4. The summed E-state index contributed by atoms with van der Waals surface area (Å²) < 4.78 is 67.6. The molecule has 4 unspecified atom stereocenters. The second-order valence-corrected chi connectivity index (χ2v) is 17.4. The molecule has 0 radical (unpaired) electrons. The zero-order valence-electron chi connectivity index (χ0n) is 45.4. The highest BCUT2D eigenvalue weighted by molar-refractivity contribution is 5.98. The van der Waals surface area contributed by atoms with E-state index in [0.717, 1.165) is 65.8 Å². The molecule has 6 aromatic carbocycles. The molecule has 0 N–H and O–H groups in total. The van der Waals surface area contributed by atoms with Crippen LogP contribution in [-0.2, 0) is 57.2 Å². The number of ether oxygens (including phenoxy) is 12. The first kappa shape index (κ1) is 62.2. The highest BCUT2D eigenvalue weighted by Gasteiger charge is 2.47. The molecule has 0 aliphatic rings. The van der Waals surface area contributed by atoms with Crippen molar-refractivity contribution in [1.82, 2.24) is 0 Å². The molecule has 0 spiro atoms. The number of esters is 12. The fourth-order valence-electron chi connectivity index (χ4n) is 7.62. The van der Waals surface area contributed by atoms with Gasteiger partial charge in [-0.2, -0.15) is 0 Å². The molecule has 0 heterocycles. The predicted molar refractivity (Wildman–Crippen MR) is 284 cm³/mol. The van der Waals surface area contributed by atoms with E-state index >= 15 is 0 Å². The molecule has 24 nitrogen and oxygen atoms in total. The number of benzene rings is 6. The summed E-state index contributed by atoms with van der Waals surface area (Å²) >= 11 is 0. The van der Waals surface area contributed by atoms with Crippen molar-refractivity contribution >= 4 is 71.6 Å². The van der Waals surface area contributed by atoms with Gasteiger partial charge in [0.2, 0.25) is 0 Å². The van der Waals surface area contributed by atoms with Crippen LogP contribution in [0.4, 0.5) is 0 Å². The number of para-hydroxylation sites is 6. The third-order valence-corrected chi connectivity index (χ3v) is 11.0. The van der Waals surface area contributed by atoms with Crippen molar-refractivity contribution in [3.63, 3.8) is 0 Å². The fraction of sp³-hybridized carbons (Fsp3) is 0.200. The van der Waals surface area contributed by atoms with Crippen LogP contribution in [0.25, 0.3) is 0 Å². The Morgan fingerprint density at radius 2 is 0.440 bits per heavy atom. The van der Waals surface area contributed by atoms with Crippen LogP contribution < -0.4 is 28.4 Å². The highest BCUT2D eigenvalue weighted by atomic mass is 16.7. The Hall–Kier alpha value is -11.0. The molecule has 0 aromatic heterocycles. The van der Waals surface area contributed by atoms with Crippen LogP contribution in [0.2, 0.25) is 0 Å². The minimum absolute atomic E-state index is 0.319. The number of rotatable bonds is 23. The van der Waals surface area contributed by atoms with Crippen molar-refractivity contribution in [3.8, 4) is 34.5 Å². The summed E-state index contributed by atoms with van der Waals surface area (Å²) in [7, 11) is 0. The van der Waals surface area contributed by atoms with Crippen molar-refractivity contribution in [1.29, 1.82) is 0 Å². The molecule has 84 heavy (non-hydrogen) atoms. The number of carbonyl (C=O) groups is 12. The maximum absolute atomic E-state index is 15.0. The second-order valence-electron chi connectivity index (χ2n) is 17.4. The SMILES string of the molecule is CC(=O)Oc1ccccc1C(=O)OCC(OC(=O)c1ccccc1OC(C)=O)C(OC(=O)c1ccccc1OC(C)=O)C(OC(=O)c1ccccc1OC(C)=O)C(COC(=O)c1ccccc1OC(C)=O)OC(=O)c1ccccc1OC(C)=O. The van der Waals surface area contributed by atoms with Crippen molar-refractivity contribution in [3.05, 3.63) is 179 Å². The van der Waals surface area contributed by atoms with E-state index in [1.807, 2.05) is 0 Å². The van der Waals surface area contributed by atoms with Crippen LogP contribution in [0.1, 0.15) is 104 Å². The van der Waals surface area contributed by atoms with Gasteiger partial charge in [-0.3, -0.25) is 28.8 Å². The Morgan fingerprint density at radius 3 is 0.643 bits per heavy atom. The molecular weight excluding hydrogens is 1100 g/mol. The van der Waals surface area contributed by atoms with Crippen molar-refractivity contribution in [2.45, 2.75) is 66.0 Å². The zero-order chi connectivity index (χ0) is 61.0. The molecule has 0 amide bonds. The first-order chi connectivity index (χ1) is 40.1. The van der Waals surface area contributed by atoms with Crippen LogP contribution in [0.15, 0.2) is 146 Å². The predicted octanol–water partition coefficient (Wildman–Crippen LogP) is 7.15. The van der Waals surface area contributed by atoms with Crippen LogP contribution in [-0.4, -0.2) is 109 Å². The van der Waals surface area contributed by atoms with E-state index in [9.17, 15) is 57.5 Å². The lowest BCUT2D eigenvalue weighted by atomic mass is 10.0. The largest absolute Gasteiger partial charge is 0.458 e. The highest BCUT2D eigenvalue weighted by Crippen LogP contribution is 2.31. The molecule has 4 atom stereocenters. The lowest BCUT2D eigenvalue weighted by Crippen LogP contribution is -2.54. The monoisotopic (exact) mass is 1150 g/mol. The van der Waals surface area contributed by atoms with Crippen LogP contribution in [0, 0.1) is 0 Å². The van der Waals surface area contributed by atoms with E-state index in [0.29, 0.717) is 0 Å².